The van der Waals surface area contributed by atoms with Crippen LogP contribution in [0.5, 0.6) is 0 Å². The van der Waals surface area contributed by atoms with E-state index in [1.807, 2.05) is 0 Å². The first-order valence-corrected chi connectivity index (χ1v) is 6.56. The molecule has 2 rings (SSSR count). The van der Waals surface area contributed by atoms with Gasteiger partial charge in [-0.05, 0) is 6.07 Å². The van der Waals surface area contributed by atoms with Gasteiger partial charge in [-0.25, -0.2) is 4.39 Å². The second-order valence-corrected chi connectivity index (χ2v) is 4.57. The third-order valence-corrected chi connectivity index (χ3v) is 3.19. The molecule has 0 saturated carbocycles. The van der Waals surface area contributed by atoms with Crippen molar-refractivity contribution in [3.63, 3.8) is 0 Å². The number of carbonyl (C=O) groups excluding carboxylic acids is 1. The summed E-state index contributed by atoms with van der Waals surface area (Å²) in [6.45, 7) is 4.19. The maximum atomic E-state index is 13.3. The number of amides is 1. The highest BCUT2D eigenvalue weighted by atomic mass is 19.1. The molecule has 0 unspecified atom stereocenters. The van der Waals surface area contributed by atoms with E-state index < -0.39 is 0 Å². The average Bonchev–Trinajstić information content (AvgIpc) is 2.45. The number of hydrogen-bond acceptors (Lipinski definition) is 3. The van der Waals surface area contributed by atoms with Crippen LogP contribution in [0.15, 0.2) is 24.3 Å². The first-order chi connectivity index (χ1) is 9.25. The summed E-state index contributed by atoms with van der Waals surface area (Å²) in [6, 6.07) is 6.48. The molecule has 1 aromatic carbocycles. The normalized spacial score (nSPS) is 16.3. The van der Waals surface area contributed by atoms with Crippen molar-refractivity contribution in [2.24, 2.45) is 0 Å². The van der Waals surface area contributed by atoms with E-state index in [1.165, 1.54) is 6.07 Å². The highest BCUT2D eigenvalue weighted by Gasteiger charge is 2.12. The van der Waals surface area contributed by atoms with Crippen LogP contribution in [-0.2, 0) is 16.1 Å². The van der Waals surface area contributed by atoms with E-state index in [0.29, 0.717) is 12.0 Å². The van der Waals surface area contributed by atoms with Crippen LogP contribution in [0.1, 0.15) is 12.0 Å². The Morgan fingerprint density at radius 3 is 2.79 bits per heavy atom. The Balaban J connectivity index is 1.68. The monoisotopic (exact) mass is 266 g/mol. The lowest BCUT2D eigenvalue weighted by molar-refractivity contribution is -0.121. The lowest BCUT2D eigenvalue weighted by Gasteiger charge is -2.26. The van der Waals surface area contributed by atoms with Gasteiger partial charge < -0.3 is 10.1 Å². The van der Waals surface area contributed by atoms with Crippen molar-refractivity contribution in [1.82, 2.24) is 10.2 Å². The maximum Gasteiger partial charge on any atom is 0.221 e. The van der Waals surface area contributed by atoms with Crippen molar-refractivity contribution in [2.45, 2.75) is 13.0 Å². The highest BCUT2D eigenvalue weighted by molar-refractivity contribution is 5.76. The van der Waals surface area contributed by atoms with Gasteiger partial charge in [0.25, 0.3) is 0 Å². The maximum absolute atomic E-state index is 13.3. The van der Waals surface area contributed by atoms with Gasteiger partial charge in [0.1, 0.15) is 5.82 Å². The van der Waals surface area contributed by atoms with Gasteiger partial charge in [-0.3, -0.25) is 9.69 Å². The average molecular weight is 266 g/mol. The first kappa shape index (κ1) is 14.0. The fraction of sp³-hybridized carbons (Fsp3) is 0.500. The third-order valence-electron chi connectivity index (χ3n) is 3.19. The van der Waals surface area contributed by atoms with Gasteiger partial charge in [-0.1, -0.05) is 18.2 Å². The quantitative estimate of drug-likeness (QED) is 0.869. The number of halogens is 1. The molecule has 1 aromatic rings. The van der Waals surface area contributed by atoms with Crippen molar-refractivity contribution < 1.29 is 13.9 Å². The van der Waals surface area contributed by atoms with Crippen LogP contribution in [0.2, 0.25) is 0 Å². The Hall–Kier alpha value is -1.46. The van der Waals surface area contributed by atoms with Crippen molar-refractivity contribution in [3.8, 4) is 0 Å². The molecule has 0 spiro atoms. The molecule has 1 saturated heterocycles. The minimum absolute atomic E-state index is 0.0465. The molecule has 5 heteroatoms. The Kier molecular flexibility index (Phi) is 5.30. The summed E-state index contributed by atoms with van der Waals surface area (Å²) in [5.41, 5.74) is 0.516. The smallest absolute Gasteiger partial charge is 0.221 e. The van der Waals surface area contributed by atoms with Crippen LogP contribution >= 0.6 is 0 Å². The van der Waals surface area contributed by atoms with Gasteiger partial charge in [0.2, 0.25) is 5.91 Å². The molecule has 4 nitrogen and oxygen atoms in total. The zero-order chi connectivity index (χ0) is 13.5. The minimum Gasteiger partial charge on any atom is -0.379 e. The molecule has 104 valence electrons. The Labute approximate surface area is 112 Å². The molecule has 0 atom stereocenters. The summed E-state index contributed by atoms with van der Waals surface area (Å²) >= 11 is 0. The predicted octanol–water partition coefficient (Wildman–Crippen LogP) is 1.16. The zero-order valence-corrected chi connectivity index (χ0v) is 10.9. The molecule has 1 heterocycles. The zero-order valence-electron chi connectivity index (χ0n) is 10.9. The van der Waals surface area contributed by atoms with E-state index in [0.717, 1.165) is 32.8 Å². The molecular formula is C14H19FN2O2. The van der Waals surface area contributed by atoms with Crippen molar-refractivity contribution >= 4 is 5.91 Å². The van der Waals surface area contributed by atoms with Gasteiger partial charge >= 0.3 is 0 Å². The number of morpholine rings is 1. The molecule has 1 aliphatic rings. The van der Waals surface area contributed by atoms with E-state index in [1.54, 1.807) is 18.2 Å². The molecular weight excluding hydrogens is 247 g/mol. The predicted molar refractivity (Wildman–Crippen MR) is 70.1 cm³/mol. The summed E-state index contributed by atoms with van der Waals surface area (Å²) in [6.07, 6.45) is 0.439. The van der Waals surface area contributed by atoms with Crippen molar-refractivity contribution in [3.05, 3.63) is 35.6 Å². The SMILES string of the molecule is O=C(CCN1CCOCC1)NCc1ccccc1F. The molecule has 0 bridgehead atoms. The first-order valence-electron chi connectivity index (χ1n) is 6.56. The largest absolute Gasteiger partial charge is 0.379 e. The molecule has 1 aliphatic heterocycles. The van der Waals surface area contributed by atoms with Crippen LogP contribution in [0.3, 0.4) is 0 Å². The number of nitrogens with zero attached hydrogens (tertiary/aromatic N) is 1. The minimum atomic E-state index is -0.282. The van der Waals surface area contributed by atoms with Crippen molar-refractivity contribution in [1.29, 1.82) is 0 Å². The van der Waals surface area contributed by atoms with Gasteiger partial charge in [-0.15, -0.1) is 0 Å². The van der Waals surface area contributed by atoms with Gasteiger partial charge in [0.05, 0.1) is 13.2 Å². The van der Waals surface area contributed by atoms with Crippen molar-refractivity contribution in [2.75, 3.05) is 32.8 Å². The van der Waals surface area contributed by atoms with Gasteiger partial charge in [-0.2, -0.15) is 0 Å². The summed E-state index contributed by atoms with van der Waals surface area (Å²) < 4.78 is 18.6. The molecule has 0 aromatic heterocycles. The summed E-state index contributed by atoms with van der Waals surface area (Å²) in [5.74, 6) is -0.328. The number of ether oxygens (including phenoxy) is 1. The molecule has 1 fully saturated rings. The Bertz CT molecular complexity index is 420. The van der Waals surface area contributed by atoms with E-state index in [-0.39, 0.29) is 18.3 Å². The fourth-order valence-corrected chi connectivity index (χ4v) is 2.01. The molecule has 0 radical (unpaired) electrons. The van der Waals surface area contributed by atoms with Crippen LogP contribution in [0.25, 0.3) is 0 Å². The van der Waals surface area contributed by atoms with E-state index >= 15 is 0 Å². The fourth-order valence-electron chi connectivity index (χ4n) is 2.01. The molecule has 0 aliphatic carbocycles. The summed E-state index contributed by atoms with van der Waals surface area (Å²) in [4.78, 5) is 13.9. The molecule has 1 amide bonds. The van der Waals surface area contributed by atoms with Crippen LogP contribution in [0, 0.1) is 5.82 Å². The van der Waals surface area contributed by atoms with Crippen LogP contribution in [0.4, 0.5) is 4.39 Å². The standard InChI is InChI=1S/C14H19FN2O2/c15-13-4-2-1-3-12(13)11-16-14(18)5-6-17-7-9-19-10-8-17/h1-4H,5-11H2,(H,16,18). The number of benzene rings is 1. The van der Waals surface area contributed by atoms with Crippen LogP contribution < -0.4 is 5.32 Å². The topological polar surface area (TPSA) is 41.6 Å². The summed E-state index contributed by atoms with van der Waals surface area (Å²) in [5, 5.41) is 2.74. The number of rotatable bonds is 5. The summed E-state index contributed by atoms with van der Waals surface area (Å²) in [7, 11) is 0. The number of hydrogen-bond donors (Lipinski definition) is 1. The molecule has 19 heavy (non-hydrogen) atoms. The van der Waals surface area contributed by atoms with E-state index in [2.05, 4.69) is 10.2 Å². The van der Waals surface area contributed by atoms with E-state index in [4.69, 9.17) is 4.74 Å². The lowest BCUT2D eigenvalue weighted by Crippen LogP contribution is -2.38. The third kappa shape index (κ3) is 4.61. The number of carbonyl (C=O) groups is 1. The van der Waals surface area contributed by atoms with Gasteiger partial charge in [0.15, 0.2) is 0 Å². The second kappa shape index (κ2) is 7.21. The van der Waals surface area contributed by atoms with Crippen LogP contribution in [-0.4, -0.2) is 43.7 Å². The van der Waals surface area contributed by atoms with E-state index in [9.17, 15) is 9.18 Å². The Morgan fingerprint density at radius 1 is 1.32 bits per heavy atom. The Morgan fingerprint density at radius 2 is 2.05 bits per heavy atom. The van der Waals surface area contributed by atoms with Gasteiger partial charge in [0, 0.05) is 38.2 Å². The molecule has 1 N–H and O–H groups in total. The highest BCUT2D eigenvalue weighted by Crippen LogP contribution is 2.05. The second-order valence-electron chi connectivity index (χ2n) is 4.57. The number of nitrogens with one attached hydrogen (secondary N) is 1. The lowest BCUT2D eigenvalue weighted by atomic mass is 10.2.